The van der Waals surface area contributed by atoms with Crippen LogP contribution in [0.15, 0.2) is 91.0 Å². The van der Waals surface area contributed by atoms with Gasteiger partial charge in [0.25, 0.3) is 0 Å². The van der Waals surface area contributed by atoms with Gasteiger partial charge in [0.05, 0.1) is 0 Å². The minimum atomic E-state index is -1.03. The lowest BCUT2D eigenvalue weighted by Crippen LogP contribution is -2.55. The zero-order valence-corrected chi connectivity index (χ0v) is 30.0. The third kappa shape index (κ3) is 13.8. The fourth-order valence-corrected chi connectivity index (χ4v) is 5.43. The van der Waals surface area contributed by atoms with Crippen LogP contribution in [0.1, 0.15) is 77.5 Å². The molecule has 49 heavy (non-hydrogen) atoms. The number of benzene rings is 3. The molecule has 3 amide bonds. The number of amides is 3. The third-order valence-electron chi connectivity index (χ3n) is 7.90. The van der Waals surface area contributed by atoms with Gasteiger partial charge in [-0.1, -0.05) is 119 Å². The minimum absolute atomic E-state index is 0.0661. The summed E-state index contributed by atoms with van der Waals surface area (Å²) >= 11 is 0. The van der Waals surface area contributed by atoms with Gasteiger partial charge in [0.1, 0.15) is 30.8 Å². The molecule has 0 aliphatic rings. The molecule has 0 saturated carbocycles. The number of carbonyl (C=O) groups is 4. The molecule has 0 aliphatic heterocycles. The molecule has 264 valence electrons. The van der Waals surface area contributed by atoms with E-state index in [2.05, 4.69) is 24.5 Å². The van der Waals surface area contributed by atoms with Crippen molar-refractivity contribution in [2.24, 2.45) is 11.8 Å². The lowest BCUT2D eigenvalue weighted by molar-refractivity contribution is -0.149. The molecule has 0 fully saturated rings. The van der Waals surface area contributed by atoms with Gasteiger partial charge < -0.3 is 20.1 Å². The van der Waals surface area contributed by atoms with Gasteiger partial charge in [-0.25, -0.2) is 9.59 Å². The summed E-state index contributed by atoms with van der Waals surface area (Å²) in [6.45, 7) is 13.4. The van der Waals surface area contributed by atoms with Gasteiger partial charge in [0.15, 0.2) is 0 Å². The van der Waals surface area contributed by atoms with Gasteiger partial charge in [-0.2, -0.15) is 0 Å². The number of esters is 1. The first-order valence-electron chi connectivity index (χ1n) is 17.1. The number of nitrogens with one attached hydrogen (secondary N) is 2. The molecule has 0 radical (unpaired) electrons. The summed E-state index contributed by atoms with van der Waals surface area (Å²) in [6, 6.07) is 26.6. The number of hydrogen-bond acceptors (Lipinski definition) is 6. The Balaban J connectivity index is 1.82. The van der Waals surface area contributed by atoms with E-state index in [0.717, 1.165) is 16.7 Å². The summed E-state index contributed by atoms with van der Waals surface area (Å²) in [5, 5.41) is 5.71. The summed E-state index contributed by atoms with van der Waals surface area (Å²) in [5.74, 6) is -1.42. The molecule has 0 bridgehead atoms. The Labute approximate surface area is 291 Å². The molecule has 0 aromatic heterocycles. The lowest BCUT2D eigenvalue weighted by Gasteiger charge is -2.32. The van der Waals surface area contributed by atoms with E-state index < -0.39 is 41.6 Å². The Morgan fingerprint density at radius 2 is 1.29 bits per heavy atom. The molecule has 9 nitrogen and oxygen atoms in total. The quantitative estimate of drug-likeness (QED) is 0.165. The maximum Gasteiger partial charge on any atom is 0.410 e. The first-order chi connectivity index (χ1) is 23.2. The third-order valence-corrected chi connectivity index (χ3v) is 7.90. The van der Waals surface area contributed by atoms with Crippen LogP contribution in [0.2, 0.25) is 0 Å². The second kappa shape index (κ2) is 18.8. The van der Waals surface area contributed by atoms with Crippen molar-refractivity contribution >= 4 is 23.9 Å². The molecule has 3 aromatic rings. The van der Waals surface area contributed by atoms with E-state index in [1.54, 1.807) is 20.8 Å². The first kappa shape index (κ1) is 38.8. The van der Waals surface area contributed by atoms with Gasteiger partial charge in [-0.15, -0.1) is 0 Å². The van der Waals surface area contributed by atoms with Gasteiger partial charge >= 0.3 is 12.1 Å². The van der Waals surface area contributed by atoms with E-state index >= 15 is 0 Å². The standard InChI is InChI=1S/C40H53N3O6/c1-28(2)23-35(38(46)48-27-31-19-13-9-14-20-31)42-37(45)34(24-30-17-11-8-12-18-30)41-36(44)26-43(39(47)49-40(5,6)7)25-33(29(3)4)32-21-15-10-16-22-32/h8-22,28-29,33-35H,23-27H2,1-7H3,(H,41,44)(H,42,45)/t33-,34-,35-/m1/s1. The van der Waals surface area contributed by atoms with Crippen LogP contribution in [0.25, 0.3) is 0 Å². The summed E-state index contributed by atoms with van der Waals surface area (Å²) in [6.07, 6.45) is -0.0865. The maximum atomic E-state index is 13.9. The zero-order valence-electron chi connectivity index (χ0n) is 30.0. The number of hydrogen-bond donors (Lipinski definition) is 2. The predicted octanol–water partition coefficient (Wildman–Crippen LogP) is 6.67. The monoisotopic (exact) mass is 671 g/mol. The van der Waals surface area contributed by atoms with E-state index in [1.807, 2.05) is 105 Å². The summed E-state index contributed by atoms with van der Waals surface area (Å²) < 4.78 is 11.3. The van der Waals surface area contributed by atoms with Crippen molar-refractivity contribution in [1.82, 2.24) is 15.5 Å². The van der Waals surface area contributed by atoms with Crippen LogP contribution in [0.4, 0.5) is 4.79 Å². The highest BCUT2D eigenvalue weighted by molar-refractivity contribution is 5.92. The van der Waals surface area contributed by atoms with E-state index in [0.29, 0.717) is 6.42 Å². The molecule has 0 heterocycles. The zero-order chi connectivity index (χ0) is 36.0. The van der Waals surface area contributed by atoms with Crippen LogP contribution in [0.3, 0.4) is 0 Å². The SMILES string of the molecule is CC(C)C[C@@H](NC(=O)[C@@H](Cc1ccccc1)NC(=O)CN(C[C@@H](c1ccccc1)C(C)C)C(=O)OC(C)(C)C)C(=O)OCc1ccccc1. The van der Waals surface area contributed by atoms with Crippen molar-refractivity contribution in [3.63, 3.8) is 0 Å². The highest BCUT2D eigenvalue weighted by atomic mass is 16.6. The summed E-state index contributed by atoms with van der Waals surface area (Å²) in [7, 11) is 0. The van der Waals surface area contributed by atoms with Crippen LogP contribution in [-0.4, -0.2) is 59.6 Å². The number of nitrogens with zero attached hydrogens (tertiary/aromatic N) is 1. The molecule has 2 N–H and O–H groups in total. The van der Waals surface area contributed by atoms with Crippen molar-refractivity contribution < 1.29 is 28.7 Å². The molecule has 0 aliphatic carbocycles. The minimum Gasteiger partial charge on any atom is -0.459 e. The van der Waals surface area contributed by atoms with E-state index in [1.165, 1.54) is 4.90 Å². The Morgan fingerprint density at radius 1 is 0.735 bits per heavy atom. The Kier molecular flexibility index (Phi) is 14.9. The Bertz CT molecular complexity index is 1470. The van der Waals surface area contributed by atoms with Crippen LogP contribution >= 0.6 is 0 Å². The highest BCUT2D eigenvalue weighted by Gasteiger charge is 2.32. The molecular formula is C40H53N3O6. The molecule has 3 atom stereocenters. The van der Waals surface area contributed by atoms with Crippen molar-refractivity contribution in [2.75, 3.05) is 13.1 Å². The van der Waals surface area contributed by atoms with Crippen LogP contribution in [0, 0.1) is 11.8 Å². The smallest absolute Gasteiger partial charge is 0.410 e. The van der Waals surface area contributed by atoms with Crippen molar-refractivity contribution in [3.8, 4) is 0 Å². The van der Waals surface area contributed by atoms with Crippen molar-refractivity contribution in [1.29, 1.82) is 0 Å². The number of rotatable bonds is 16. The maximum absolute atomic E-state index is 13.9. The first-order valence-corrected chi connectivity index (χ1v) is 17.1. The van der Waals surface area contributed by atoms with Crippen LogP contribution < -0.4 is 10.6 Å². The van der Waals surface area contributed by atoms with Crippen molar-refractivity contribution in [2.45, 2.75) is 91.5 Å². The predicted molar refractivity (Wildman–Crippen MR) is 192 cm³/mol. The molecular weight excluding hydrogens is 618 g/mol. The molecule has 0 spiro atoms. The highest BCUT2D eigenvalue weighted by Crippen LogP contribution is 2.26. The Hall–Kier alpha value is -4.66. The topological polar surface area (TPSA) is 114 Å². The molecule has 9 heteroatoms. The fraction of sp³-hybridized carbons (Fsp3) is 0.450. The van der Waals surface area contributed by atoms with Gasteiger partial charge in [0, 0.05) is 18.9 Å². The van der Waals surface area contributed by atoms with E-state index in [4.69, 9.17) is 9.47 Å². The molecule has 0 unspecified atom stereocenters. The second-order valence-corrected chi connectivity index (χ2v) is 14.2. The lowest BCUT2D eigenvalue weighted by atomic mass is 9.88. The van der Waals surface area contributed by atoms with Gasteiger partial charge in [-0.3, -0.25) is 14.5 Å². The summed E-state index contributed by atoms with van der Waals surface area (Å²) in [5.41, 5.74) is 1.93. The van der Waals surface area contributed by atoms with Gasteiger partial charge in [-0.05, 0) is 55.7 Å². The average molecular weight is 672 g/mol. The molecule has 0 saturated heterocycles. The molecule has 3 rings (SSSR count). The van der Waals surface area contributed by atoms with Gasteiger partial charge in [0.2, 0.25) is 11.8 Å². The van der Waals surface area contributed by atoms with E-state index in [-0.39, 0.29) is 43.9 Å². The average Bonchev–Trinajstić information content (AvgIpc) is 3.05. The van der Waals surface area contributed by atoms with Crippen LogP contribution in [-0.2, 0) is 36.9 Å². The summed E-state index contributed by atoms with van der Waals surface area (Å²) in [4.78, 5) is 55.7. The fourth-order valence-electron chi connectivity index (χ4n) is 5.43. The van der Waals surface area contributed by atoms with Crippen LogP contribution in [0.5, 0.6) is 0 Å². The Morgan fingerprint density at radius 3 is 1.82 bits per heavy atom. The number of carbonyl (C=O) groups excluding carboxylic acids is 4. The van der Waals surface area contributed by atoms with Crippen molar-refractivity contribution in [3.05, 3.63) is 108 Å². The largest absolute Gasteiger partial charge is 0.459 e. The second-order valence-electron chi connectivity index (χ2n) is 14.2. The molecule has 3 aromatic carbocycles. The van der Waals surface area contributed by atoms with E-state index in [9.17, 15) is 19.2 Å². The number of ether oxygens (including phenoxy) is 2. The normalized spacial score (nSPS) is 13.2.